The number of rotatable bonds is 5. The van der Waals surface area contributed by atoms with Crippen molar-refractivity contribution in [1.82, 2.24) is 4.90 Å². The summed E-state index contributed by atoms with van der Waals surface area (Å²) in [6.07, 6.45) is 6.05. The monoisotopic (exact) mass is 303 g/mol. The van der Waals surface area contributed by atoms with Gasteiger partial charge in [0.1, 0.15) is 0 Å². The van der Waals surface area contributed by atoms with E-state index in [-0.39, 0.29) is 22.6 Å². The molecule has 0 spiro atoms. The van der Waals surface area contributed by atoms with Crippen molar-refractivity contribution in [2.45, 2.75) is 70.6 Å². The predicted octanol–water partition coefficient (Wildman–Crippen LogP) is 2.63. The van der Waals surface area contributed by atoms with Crippen molar-refractivity contribution in [3.8, 4) is 0 Å². The van der Waals surface area contributed by atoms with Crippen LogP contribution >= 0.6 is 0 Å². The Balaban J connectivity index is 2.56. The van der Waals surface area contributed by atoms with E-state index >= 15 is 0 Å². The van der Waals surface area contributed by atoms with E-state index in [0.29, 0.717) is 12.8 Å². The fraction of sp³-hybridized carbons (Fsp3) is 0.933. The third-order valence-corrected chi connectivity index (χ3v) is 5.83. The molecule has 0 heterocycles. The van der Waals surface area contributed by atoms with Gasteiger partial charge in [-0.3, -0.25) is 4.79 Å². The molecule has 118 valence electrons. The molecule has 0 bridgehead atoms. The summed E-state index contributed by atoms with van der Waals surface area (Å²) in [6.45, 7) is 6.49. The highest BCUT2D eigenvalue weighted by atomic mass is 32.2. The van der Waals surface area contributed by atoms with Crippen molar-refractivity contribution < 1.29 is 13.2 Å². The molecule has 0 aromatic rings. The number of carbonyl (C=O) groups is 1. The van der Waals surface area contributed by atoms with Crippen LogP contribution in [0.3, 0.4) is 0 Å². The second-order valence-corrected chi connectivity index (χ2v) is 9.55. The largest absolute Gasteiger partial charge is 0.341 e. The van der Waals surface area contributed by atoms with Gasteiger partial charge in [0.05, 0.1) is 5.25 Å². The topological polar surface area (TPSA) is 54.5 Å². The number of nitrogens with zero attached hydrogens (tertiary/aromatic N) is 1. The fourth-order valence-electron chi connectivity index (χ4n) is 2.98. The molecule has 1 amide bonds. The van der Waals surface area contributed by atoms with Crippen LogP contribution in [0.2, 0.25) is 0 Å². The average molecular weight is 303 g/mol. The van der Waals surface area contributed by atoms with Crippen LogP contribution in [-0.4, -0.2) is 43.8 Å². The molecular formula is C15H29NO3S. The van der Waals surface area contributed by atoms with Gasteiger partial charge in [-0.05, 0) is 37.5 Å². The van der Waals surface area contributed by atoms with Gasteiger partial charge in [0.15, 0.2) is 9.84 Å². The highest BCUT2D eigenvalue weighted by molar-refractivity contribution is 7.91. The molecule has 1 aliphatic carbocycles. The lowest BCUT2D eigenvalue weighted by atomic mass is 9.90. The van der Waals surface area contributed by atoms with Gasteiger partial charge in [0.25, 0.3) is 0 Å². The van der Waals surface area contributed by atoms with Gasteiger partial charge in [-0.2, -0.15) is 0 Å². The third-order valence-electron chi connectivity index (χ3n) is 4.18. The molecule has 1 fully saturated rings. The highest BCUT2D eigenvalue weighted by Gasteiger charge is 2.38. The first-order chi connectivity index (χ1) is 9.02. The highest BCUT2D eigenvalue weighted by Crippen LogP contribution is 2.29. The standard InChI is InChI=1S/C15H29NO3S/c1-15(2,3)11-7-10-14(17)16(4)12-8-6-9-13(12)20(5,18)19/h12-13H,6-11H2,1-5H3/t12-,13-/m0/s1. The van der Waals surface area contributed by atoms with Crippen LogP contribution in [0.1, 0.15) is 59.3 Å². The Morgan fingerprint density at radius 3 is 2.35 bits per heavy atom. The second-order valence-electron chi connectivity index (χ2n) is 7.29. The minimum Gasteiger partial charge on any atom is -0.341 e. The van der Waals surface area contributed by atoms with E-state index in [1.807, 2.05) is 0 Å². The van der Waals surface area contributed by atoms with Gasteiger partial charge in [-0.1, -0.05) is 20.8 Å². The zero-order valence-electron chi connectivity index (χ0n) is 13.5. The van der Waals surface area contributed by atoms with Crippen LogP contribution < -0.4 is 0 Å². The van der Waals surface area contributed by atoms with E-state index in [4.69, 9.17) is 0 Å². The maximum absolute atomic E-state index is 12.2. The molecule has 1 rings (SSSR count). The Morgan fingerprint density at radius 2 is 1.85 bits per heavy atom. The molecule has 0 saturated heterocycles. The maximum Gasteiger partial charge on any atom is 0.222 e. The summed E-state index contributed by atoms with van der Waals surface area (Å²) in [5.41, 5.74) is 0.238. The van der Waals surface area contributed by atoms with Crippen molar-refractivity contribution in [1.29, 1.82) is 0 Å². The first-order valence-corrected chi connectivity index (χ1v) is 9.42. The van der Waals surface area contributed by atoms with Gasteiger partial charge < -0.3 is 4.90 Å². The first-order valence-electron chi connectivity index (χ1n) is 7.47. The van der Waals surface area contributed by atoms with Gasteiger partial charge in [0.2, 0.25) is 5.91 Å². The van der Waals surface area contributed by atoms with Crippen molar-refractivity contribution in [3.05, 3.63) is 0 Å². The molecule has 4 nitrogen and oxygen atoms in total. The summed E-state index contributed by atoms with van der Waals surface area (Å²) in [4.78, 5) is 13.9. The molecule has 0 aromatic heterocycles. The third kappa shape index (κ3) is 5.08. The van der Waals surface area contributed by atoms with Crippen LogP contribution in [0.15, 0.2) is 0 Å². The molecule has 0 N–H and O–H groups in total. The Hall–Kier alpha value is -0.580. The summed E-state index contributed by atoms with van der Waals surface area (Å²) in [5.74, 6) is 0.0785. The van der Waals surface area contributed by atoms with E-state index in [1.165, 1.54) is 6.26 Å². The Bertz CT molecular complexity index is 437. The van der Waals surface area contributed by atoms with Crippen molar-refractivity contribution >= 4 is 15.7 Å². The lowest BCUT2D eigenvalue weighted by molar-refractivity contribution is -0.132. The van der Waals surface area contributed by atoms with E-state index in [9.17, 15) is 13.2 Å². The predicted molar refractivity (Wildman–Crippen MR) is 82.3 cm³/mol. The van der Waals surface area contributed by atoms with Gasteiger partial charge in [0, 0.05) is 25.8 Å². The summed E-state index contributed by atoms with van der Waals surface area (Å²) in [7, 11) is -1.31. The van der Waals surface area contributed by atoms with E-state index in [1.54, 1.807) is 11.9 Å². The Morgan fingerprint density at radius 1 is 1.25 bits per heavy atom. The van der Waals surface area contributed by atoms with Crippen LogP contribution in [0, 0.1) is 5.41 Å². The molecular weight excluding hydrogens is 274 g/mol. The molecule has 0 radical (unpaired) electrons. The molecule has 0 unspecified atom stereocenters. The number of carbonyl (C=O) groups excluding carboxylic acids is 1. The van der Waals surface area contributed by atoms with Gasteiger partial charge in [-0.15, -0.1) is 0 Å². The molecule has 0 aromatic carbocycles. The van der Waals surface area contributed by atoms with Crippen LogP contribution in [0.25, 0.3) is 0 Å². The van der Waals surface area contributed by atoms with Crippen LogP contribution in [-0.2, 0) is 14.6 Å². The molecule has 2 atom stereocenters. The average Bonchev–Trinajstić information content (AvgIpc) is 2.74. The first kappa shape index (κ1) is 17.5. The molecule has 1 aliphatic rings. The maximum atomic E-state index is 12.2. The molecule has 20 heavy (non-hydrogen) atoms. The molecule has 1 saturated carbocycles. The minimum absolute atomic E-state index is 0.0785. The van der Waals surface area contributed by atoms with E-state index < -0.39 is 9.84 Å². The second kappa shape index (κ2) is 6.46. The Kier molecular flexibility index (Phi) is 5.64. The van der Waals surface area contributed by atoms with Crippen LogP contribution in [0.4, 0.5) is 0 Å². The summed E-state index contributed by atoms with van der Waals surface area (Å²) >= 11 is 0. The fourth-order valence-corrected chi connectivity index (χ4v) is 4.46. The lowest BCUT2D eigenvalue weighted by Gasteiger charge is -2.29. The minimum atomic E-state index is -3.07. The van der Waals surface area contributed by atoms with Crippen molar-refractivity contribution in [2.75, 3.05) is 13.3 Å². The zero-order chi connectivity index (χ0) is 15.6. The summed E-state index contributed by atoms with van der Waals surface area (Å²) in [5, 5.41) is -0.376. The number of hydrogen-bond donors (Lipinski definition) is 0. The summed E-state index contributed by atoms with van der Waals surface area (Å²) in [6, 6.07) is -0.132. The molecule has 0 aliphatic heterocycles. The van der Waals surface area contributed by atoms with Gasteiger partial charge in [-0.25, -0.2) is 8.42 Å². The number of amides is 1. The lowest BCUT2D eigenvalue weighted by Crippen LogP contribution is -2.44. The number of hydrogen-bond acceptors (Lipinski definition) is 3. The van der Waals surface area contributed by atoms with E-state index in [2.05, 4.69) is 20.8 Å². The molecule has 5 heteroatoms. The zero-order valence-corrected chi connectivity index (χ0v) is 14.3. The van der Waals surface area contributed by atoms with Crippen LogP contribution in [0.5, 0.6) is 0 Å². The normalized spacial score (nSPS) is 23.9. The quantitative estimate of drug-likeness (QED) is 0.784. The Labute approximate surface area is 123 Å². The SMILES string of the molecule is CN(C(=O)CCCC(C)(C)C)[C@H]1CCC[C@@H]1S(C)(=O)=O. The van der Waals surface area contributed by atoms with Crippen molar-refractivity contribution in [2.24, 2.45) is 5.41 Å². The van der Waals surface area contributed by atoms with Crippen molar-refractivity contribution in [3.63, 3.8) is 0 Å². The van der Waals surface area contributed by atoms with E-state index in [0.717, 1.165) is 25.7 Å². The summed E-state index contributed by atoms with van der Waals surface area (Å²) < 4.78 is 23.6. The number of sulfone groups is 1. The smallest absolute Gasteiger partial charge is 0.222 e. The van der Waals surface area contributed by atoms with Gasteiger partial charge >= 0.3 is 0 Å².